The van der Waals surface area contributed by atoms with Crippen molar-refractivity contribution < 1.29 is 31.2 Å². The van der Waals surface area contributed by atoms with Gasteiger partial charge in [-0.2, -0.15) is 13.2 Å². The third-order valence-corrected chi connectivity index (χ3v) is 8.87. The molecule has 44 heavy (non-hydrogen) atoms. The number of sulfonamides is 1. The van der Waals surface area contributed by atoms with Gasteiger partial charge in [0.2, 0.25) is 21.8 Å². The number of benzene rings is 3. The second-order valence-electron chi connectivity index (χ2n) is 10.7. The van der Waals surface area contributed by atoms with Crippen molar-refractivity contribution in [1.29, 1.82) is 0 Å². The van der Waals surface area contributed by atoms with Gasteiger partial charge in [0, 0.05) is 36.4 Å². The van der Waals surface area contributed by atoms with E-state index in [0.29, 0.717) is 6.42 Å². The number of amides is 2. The monoisotopic (exact) mass is 695 g/mol. The van der Waals surface area contributed by atoms with E-state index < -0.39 is 27.8 Å². The second-order valence-corrected chi connectivity index (χ2v) is 13.5. The van der Waals surface area contributed by atoms with E-state index in [9.17, 15) is 31.2 Å². The molecule has 0 unspecified atom stereocenters. The summed E-state index contributed by atoms with van der Waals surface area (Å²) in [7, 11) is -3.97. The van der Waals surface area contributed by atoms with Crippen LogP contribution in [0.2, 0.25) is 0 Å². The number of hydrogen-bond acceptors (Lipinski definition) is 4. The van der Waals surface area contributed by atoms with Crippen molar-refractivity contribution in [3.05, 3.63) is 100 Å². The molecular formula is C32H37BrF3N3O4S. The third-order valence-electron chi connectivity index (χ3n) is 7.15. The normalized spacial score (nSPS) is 13.2. The molecule has 0 heterocycles. The molecule has 3 rings (SSSR count). The number of nitrogens with one attached hydrogen (secondary N) is 1. The summed E-state index contributed by atoms with van der Waals surface area (Å²) in [5.41, 5.74) is 0.531. The van der Waals surface area contributed by atoms with E-state index in [-0.39, 0.29) is 55.9 Å². The van der Waals surface area contributed by atoms with E-state index in [1.54, 1.807) is 0 Å². The lowest BCUT2D eigenvalue weighted by Crippen LogP contribution is -2.52. The van der Waals surface area contributed by atoms with Gasteiger partial charge in [-0.15, -0.1) is 0 Å². The molecule has 12 heteroatoms. The highest BCUT2D eigenvalue weighted by atomic mass is 79.9. The van der Waals surface area contributed by atoms with Gasteiger partial charge in [0.15, 0.2) is 0 Å². The molecule has 0 aliphatic rings. The molecule has 0 spiro atoms. The van der Waals surface area contributed by atoms with Crippen molar-refractivity contribution in [3.8, 4) is 0 Å². The lowest BCUT2D eigenvalue weighted by atomic mass is 10.0. The topological polar surface area (TPSA) is 86.8 Å². The first-order valence-corrected chi connectivity index (χ1v) is 16.9. The summed E-state index contributed by atoms with van der Waals surface area (Å²) < 4.78 is 66.9. The SMILES string of the molecule is CC[C@@H](C)NC(=O)[C@@H](Cc1ccccc1)N(Cc1ccc(Br)cc1)C(=O)CCCN(c1cccc(C(F)(F)F)c1)S(C)(=O)=O. The minimum Gasteiger partial charge on any atom is -0.352 e. The molecule has 3 aromatic carbocycles. The Balaban J connectivity index is 1.90. The number of halogens is 4. The van der Waals surface area contributed by atoms with E-state index in [1.807, 2.05) is 68.4 Å². The van der Waals surface area contributed by atoms with Gasteiger partial charge in [0.1, 0.15) is 6.04 Å². The van der Waals surface area contributed by atoms with Crippen LogP contribution < -0.4 is 9.62 Å². The largest absolute Gasteiger partial charge is 0.416 e. The fourth-order valence-electron chi connectivity index (χ4n) is 4.62. The smallest absolute Gasteiger partial charge is 0.352 e. The summed E-state index contributed by atoms with van der Waals surface area (Å²) >= 11 is 3.41. The summed E-state index contributed by atoms with van der Waals surface area (Å²) in [6, 6.07) is 19.8. The number of nitrogens with zero attached hydrogens (tertiary/aromatic N) is 2. The zero-order valence-corrected chi connectivity index (χ0v) is 27.3. The van der Waals surface area contributed by atoms with Crippen LogP contribution in [0.1, 0.15) is 49.8 Å². The molecule has 0 saturated carbocycles. The molecule has 0 aliphatic carbocycles. The van der Waals surface area contributed by atoms with E-state index in [2.05, 4.69) is 21.2 Å². The number of anilines is 1. The van der Waals surface area contributed by atoms with Crippen molar-refractivity contribution in [2.75, 3.05) is 17.1 Å². The zero-order valence-electron chi connectivity index (χ0n) is 24.9. The summed E-state index contributed by atoms with van der Waals surface area (Å²) in [6.45, 7) is 3.73. The first-order chi connectivity index (χ1) is 20.7. The average molecular weight is 697 g/mol. The number of hydrogen-bond donors (Lipinski definition) is 1. The zero-order chi connectivity index (χ0) is 32.5. The lowest BCUT2D eigenvalue weighted by Gasteiger charge is -2.32. The molecule has 3 aromatic rings. The van der Waals surface area contributed by atoms with Crippen LogP contribution >= 0.6 is 15.9 Å². The van der Waals surface area contributed by atoms with Crippen molar-refractivity contribution in [1.82, 2.24) is 10.2 Å². The van der Waals surface area contributed by atoms with Gasteiger partial charge >= 0.3 is 6.18 Å². The van der Waals surface area contributed by atoms with E-state index >= 15 is 0 Å². The maximum absolute atomic E-state index is 13.9. The van der Waals surface area contributed by atoms with Crippen molar-refractivity contribution in [2.45, 2.75) is 64.3 Å². The predicted octanol–water partition coefficient (Wildman–Crippen LogP) is 6.57. The molecule has 0 aliphatic heterocycles. The second kappa shape index (κ2) is 15.6. The molecule has 238 valence electrons. The van der Waals surface area contributed by atoms with Crippen molar-refractivity contribution >= 4 is 43.5 Å². The highest BCUT2D eigenvalue weighted by Gasteiger charge is 2.33. The number of alkyl halides is 3. The van der Waals surface area contributed by atoms with E-state index in [0.717, 1.165) is 44.4 Å². The van der Waals surface area contributed by atoms with Crippen LogP contribution in [0.4, 0.5) is 18.9 Å². The van der Waals surface area contributed by atoms with Gasteiger partial charge in [0.05, 0.1) is 17.5 Å². The first kappa shape index (κ1) is 35.1. The molecule has 2 amide bonds. The molecule has 0 radical (unpaired) electrons. The van der Waals surface area contributed by atoms with Crippen LogP contribution in [0, 0.1) is 0 Å². The van der Waals surface area contributed by atoms with Gasteiger partial charge in [-0.05, 0) is 61.2 Å². The van der Waals surface area contributed by atoms with E-state index in [1.165, 1.54) is 11.0 Å². The van der Waals surface area contributed by atoms with Crippen molar-refractivity contribution in [3.63, 3.8) is 0 Å². The number of carbonyl (C=O) groups is 2. The number of carbonyl (C=O) groups excluding carboxylic acids is 2. The van der Waals surface area contributed by atoms with Crippen LogP contribution in [0.3, 0.4) is 0 Å². The van der Waals surface area contributed by atoms with Crippen LogP contribution in [0.25, 0.3) is 0 Å². The summed E-state index contributed by atoms with van der Waals surface area (Å²) in [6.07, 6.45) is -2.91. The first-order valence-electron chi connectivity index (χ1n) is 14.2. The Hall–Kier alpha value is -3.38. The van der Waals surface area contributed by atoms with Gasteiger partial charge in [0.25, 0.3) is 0 Å². The summed E-state index contributed by atoms with van der Waals surface area (Å²) in [5.74, 6) is -0.693. The van der Waals surface area contributed by atoms with Gasteiger partial charge in [-0.3, -0.25) is 13.9 Å². The maximum Gasteiger partial charge on any atom is 0.416 e. The van der Waals surface area contributed by atoms with Crippen molar-refractivity contribution in [2.24, 2.45) is 0 Å². The molecule has 0 bridgehead atoms. The summed E-state index contributed by atoms with van der Waals surface area (Å²) in [4.78, 5) is 29.0. The van der Waals surface area contributed by atoms with Gasteiger partial charge in [-0.1, -0.05) is 71.4 Å². The Morgan fingerprint density at radius 1 is 0.955 bits per heavy atom. The molecule has 0 fully saturated rings. The molecule has 0 saturated heterocycles. The fraction of sp³-hybridized carbons (Fsp3) is 0.375. The van der Waals surface area contributed by atoms with Gasteiger partial charge in [-0.25, -0.2) is 8.42 Å². The van der Waals surface area contributed by atoms with Crippen LogP contribution in [-0.2, 0) is 38.8 Å². The Morgan fingerprint density at radius 2 is 1.61 bits per heavy atom. The third kappa shape index (κ3) is 10.4. The quantitative estimate of drug-likeness (QED) is 0.207. The maximum atomic E-state index is 13.9. The minimum absolute atomic E-state index is 0.0179. The highest BCUT2D eigenvalue weighted by molar-refractivity contribution is 9.10. The van der Waals surface area contributed by atoms with Crippen LogP contribution in [0.15, 0.2) is 83.3 Å². The molecule has 2 atom stereocenters. The molecular weight excluding hydrogens is 659 g/mol. The van der Waals surface area contributed by atoms with E-state index in [4.69, 9.17) is 0 Å². The molecule has 0 aromatic heterocycles. The Labute approximate surface area is 265 Å². The Bertz CT molecular complexity index is 1500. The molecule has 1 N–H and O–H groups in total. The van der Waals surface area contributed by atoms with Crippen LogP contribution in [-0.4, -0.2) is 50.0 Å². The predicted molar refractivity (Wildman–Crippen MR) is 169 cm³/mol. The number of rotatable bonds is 14. The summed E-state index contributed by atoms with van der Waals surface area (Å²) in [5, 5.41) is 2.99. The minimum atomic E-state index is -4.65. The Morgan fingerprint density at radius 3 is 2.20 bits per heavy atom. The molecule has 7 nitrogen and oxygen atoms in total. The average Bonchev–Trinajstić information content (AvgIpc) is 2.97. The standard InChI is InChI=1S/C32H37BrF3N3O4S/c1-4-23(2)37-31(41)29(20-24-10-6-5-7-11-24)38(22-25-15-17-27(33)18-16-25)30(40)14-9-19-39(44(3,42)43)28-13-8-12-26(21-28)32(34,35)36/h5-8,10-13,15-18,21,23,29H,4,9,14,19-20,22H2,1-3H3,(H,37,41)/t23-,29-/m1/s1. The highest BCUT2D eigenvalue weighted by Crippen LogP contribution is 2.32. The fourth-order valence-corrected chi connectivity index (χ4v) is 5.84. The van der Waals surface area contributed by atoms with Crippen LogP contribution in [0.5, 0.6) is 0 Å². The Kier molecular flexibility index (Phi) is 12.4. The van der Waals surface area contributed by atoms with Gasteiger partial charge < -0.3 is 10.2 Å². The lowest BCUT2D eigenvalue weighted by molar-refractivity contribution is -0.141.